The Hall–Kier alpha value is -3.04. The lowest BCUT2D eigenvalue weighted by atomic mass is 9.96. The van der Waals surface area contributed by atoms with E-state index in [0.717, 1.165) is 56.0 Å². The molecule has 35 heavy (non-hydrogen) atoms. The molecule has 0 amide bonds. The summed E-state index contributed by atoms with van der Waals surface area (Å²) >= 11 is 0. The van der Waals surface area contributed by atoms with Crippen molar-refractivity contribution < 1.29 is 14.6 Å². The number of nitrogens with zero attached hydrogens (tertiary/aromatic N) is 5. The van der Waals surface area contributed by atoms with E-state index < -0.39 is 5.60 Å². The predicted octanol–water partition coefficient (Wildman–Crippen LogP) is 4.94. The topological polar surface area (TPSA) is 107 Å². The van der Waals surface area contributed by atoms with Crippen molar-refractivity contribution >= 4 is 11.8 Å². The maximum Gasteiger partial charge on any atom is 0.228 e. The van der Waals surface area contributed by atoms with Crippen molar-refractivity contribution in [1.82, 2.24) is 24.7 Å². The van der Waals surface area contributed by atoms with E-state index in [1.165, 1.54) is 12.8 Å². The summed E-state index contributed by atoms with van der Waals surface area (Å²) in [4.78, 5) is 13.7. The third kappa shape index (κ3) is 5.16. The summed E-state index contributed by atoms with van der Waals surface area (Å²) in [6.45, 7) is 4.99. The Bertz CT molecular complexity index is 1210. The monoisotopic (exact) mass is 476 g/mol. The number of rotatable bonds is 8. The van der Waals surface area contributed by atoms with E-state index in [1.807, 2.05) is 24.4 Å². The van der Waals surface area contributed by atoms with Crippen LogP contribution in [0.4, 0.5) is 11.8 Å². The summed E-state index contributed by atoms with van der Waals surface area (Å²) in [7, 11) is 0. The molecule has 3 aliphatic rings. The fraction of sp³-hybridized carbons (Fsp3) is 0.538. The molecular weight excluding hydrogens is 444 g/mol. The first-order valence-electron chi connectivity index (χ1n) is 12.6. The van der Waals surface area contributed by atoms with Gasteiger partial charge < -0.3 is 19.9 Å². The highest BCUT2D eigenvalue weighted by atomic mass is 16.5. The molecule has 3 aromatic heterocycles. The maximum atomic E-state index is 10.5. The van der Waals surface area contributed by atoms with Crippen LogP contribution < -0.4 is 10.1 Å². The average molecular weight is 477 g/mol. The Morgan fingerprint density at radius 2 is 1.86 bits per heavy atom. The lowest BCUT2D eigenvalue weighted by Crippen LogP contribution is -2.19. The van der Waals surface area contributed by atoms with Gasteiger partial charge in [0.2, 0.25) is 5.95 Å². The Morgan fingerprint density at radius 3 is 2.57 bits per heavy atom. The highest BCUT2D eigenvalue weighted by Crippen LogP contribution is 2.41. The quantitative estimate of drug-likeness (QED) is 0.471. The van der Waals surface area contributed by atoms with Crippen LogP contribution in [0.3, 0.4) is 0 Å². The van der Waals surface area contributed by atoms with E-state index in [0.29, 0.717) is 41.1 Å². The summed E-state index contributed by atoms with van der Waals surface area (Å²) < 4.78 is 14.0. The van der Waals surface area contributed by atoms with Crippen molar-refractivity contribution in [3.63, 3.8) is 0 Å². The van der Waals surface area contributed by atoms with Crippen molar-refractivity contribution in [2.24, 2.45) is 0 Å². The predicted molar refractivity (Wildman–Crippen MR) is 130 cm³/mol. The van der Waals surface area contributed by atoms with E-state index in [4.69, 9.17) is 14.6 Å². The number of aliphatic hydroxyl groups is 1. The van der Waals surface area contributed by atoms with Crippen LogP contribution >= 0.6 is 0 Å². The Balaban J connectivity index is 1.25. The van der Waals surface area contributed by atoms with Gasteiger partial charge in [0.1, 0.15) is 22.9 Å². The van der Waals surface area contributed by atoms with Crippen LogP contribution in [0.15, 0.2) is 30.6 Å². The molecule has 0 atom stereocenters. The number of hydrogen-bond acceptors (Lipinski definition) is 8. The van der Waals surface area contributed by atoms with Gasteiger partial charge in [0.05, 0.1) is 17.9 Å². The minimum absolute atomic E-state index is 0.344. The smallest absolute Gasteiger partial charge is 0.228 e. The lowest BCUT2D eigenvalue weighted by molar-refractivity contribution is 0.0737. The van der Waals surface area contributed by atoms with Gasteiger partial charge in [-0.3, -0.25) is 4.68 Å². The van der Waals surface area contributed by atoms with Gasteiger partial charge in [0, 0.05) is 43.0 Å². The van der Waals surface area contributed by atoms with Gasteiger partial charge >= 0.3 is 0 Å². The van der Waals surface area contributed by atoms with Crippen LogP contribution in [0.25, 0.3) is 0 Å². The second-order valence-corrected chi connectivity index (χ2v) is 10.4. The van der Waals surface area contributed by atoms with E-state index >= 15 is 0 Å². The number of pyridine rings is 1. The molecule has 0 bridgehead atoms. The van der Waals surface area contributed by atoms with E-state index in [-0.39, 0.29) is 0 Å². The van der Waals surface area contributed by atoms with E-state index in [2.05, 4.69) is 25.0 Å². The molecule has 184 valence electrons. The van der Waals surface area contributed by atoms with Crippen LogP contribution in [0, 0.1) is 0 Å². The molecule has 0 radical (unpaired) electrons. The van der Waals surface area contributed by atoms with Crippen LogP contribution in [0.5, 0.6) is 11.5 Å². The molecule has 6 rings (SSSR count). The van der Waals surface area contributed by atoms with Crippen molar-refractivity contribution in [1.29, 1.82) is 0 Å². The van der Waals surface area contributed by atoms with E-state index in [1.54, 1.807) is 20.0 Å². The molecule has 2 saturated carbocycles. The fourth-order valence-electron chi connectivity index (χ4n) is 4.46. The number of aromatic nitrogens is 5. The van der Waals surface area contributed by atoms with Crippen LogP contribution in [-0.4, -0.2) is 43.1 Å². The van der Waals surface area contributed by atoms with Gasteiger partial charge in [-0.05, 0) is 64.5 Å². The van der Waals surface area contributed by atoms with Crippen molar-refractivity contribution in [2.45, 2.75) is 75.9 Å². The first-order valence-corrected chi connectivity index (χ1v) is 12.6. The second-order valence-electron chi connectivity index (χ2n) is 10.4. The lowest BCUT2D eigenvalue weighted by Gasteiger charge is -2.21. The summed E-state index contributed by atoms with van der Waals surface area (Å²) in [6.07, 6.45) is 10.2. The molecule has 3 aromatic rings. The zero-order valence-corrected chi connectivity index (χ0v) is 20.3. The maximum absolute atomic E-state index is 10.5. The van der Waals surface area contributed by atoms with Crippen molar-refractivity contribution in [2.75, 3.05) is 18.5 Å². The third-order valence-electron chi connectivity index (χ3n) is 6.82. The molecule has 2 N–H and O–H groups in total. The van der Waals surface area contributed by atoms with Gasteiger partial charge in [-0.25, -0.2) is 15.0 Å². The van der Waals surface area contributed by atoms with Crippen molar-refractivity contribution in [3.8, 4) is 11.5 Å². The Labute approximate surface area is 204 Å². The molecule has 0 aromatic carbocycles. The molecule has 4 heterocycles. The largest absolute Gasteiger partial charge is 0.454 e. The zero-order chi connectivity index (χ0) is 24.0. The summed E-state index contributed by atoms with van der Waals surface area (Å²) in [5.41, 5.74) is 1.52. The van der Waals surface area contributed by atoms with Crippen LogP contribution in [-0.2, 0) is 10.3 Å². The Morgan fingerprint density at radius 1 is 1.06 bits per heavy atom. The Kier molecular flexibility index (Phi) is 5.69. The fourth-order valence-corrected chi connectivity index (χ4v) is 4.46. The number of hydrogen-bond donors (Lipinski definition) is 2. The zero-order valence-electron chi connectivity index (χ0n) is 20.3. The summed E-state index contributed by atoms with van der Waals surface area (Å²) in [5.74, 6) is 3.27. The number of anilines is 2. The molecule has 9 nitrogen and oxygen atoms in total. The van der Waals surface area contributed by atoms with Gasteiger partial charge in [0.25, 0.3) is 0 Å². The normalized spacial score (nSPS) is 19.1. The molecule has 1 saturated heterocycles. The first kappa shape index (κ1) is 22.4. The molecule has 9 heteroatoms. The van der Waals surface area contributed by atoms with Gasteiger partial charge in [-0.1, -0.05) is 0 Å². The molecule has 2 aliphatic carbocycles. The minimum Gasteiger partial charge on any atom is -0.454 e. The number of ether oxygens (including phenoxy) is 2. The standard InChI is InChI=1S/C26H32N6O3/c1-26(2,33)22-14-20(16-3-4-16)28-25(29-22)30-23-13-19(7-10-27-23)35-21-15-32(18-5-6-18)31-24(21)17-8-11-34-12-9-17/h7,10,13-18,33H,3-6,8-9,11-12H2,1-2H3,(H,27,28,29,30). The summed E-state index contributed by atoms with van der Waals surface area (Å²) in [5, 5.41) is 18.6. The van der Waals surface area contributed by atoms with Gasteiger partial charge in [-0.15, -0.1) is 0 Å². The second kappa shape index (κ2) is 8.87. The molecule has 1 aliphatic heterocycles. The van der Waals surface area contributed by atoms with Crippen molar-refractivity contribution in [3.05, 3.63) is 47.7 Å². The van der Waals surface area contributed by atoms with Crippen LogP contribution in [0.2, 0.25) is 0 Å². The SMILES string of the molecule is CC(C)(O)c1cc(C2CC2)nc(Nc2cc(Oc3cn(C4CC4)nc3C3CCOCC3)ccn2)n1. The minimum atomic E-state index is -1.05. The van der Waals surface area contributed by atoms with Gasteiger partial charge in [0.15, 0.2) is 5.75 Å². The molecule has 0 spiro atoms. The summed E-state index contributed by atoms with van der Waals surface area (Å²) in [6, 6.07) is 6.09. The highest BCUT2D eigenvalue weighted by Gasteiger charge is 2.30. The van der Waals surface area contributed by atoms with Crippen LogP contribution in [0.1, 0.15) is 87.3 Å². The van der Waals surface area contributed by atoms with E-state index in [9.17, 15) is 5.11 Å². The number of nitrogens with one attached hydrogen (secondary N) is 1. The molecule has 3 fully saturated rings. The average Bonchev–Trinajstić information content (AvgIpc) is 3.77. The highest BCUT2D eigenvalue weighted by molar-refractivity contribution is 5.52. The first-order chi connectivity index (χ1) is 16.9. The third-order valence-corrected chi connectivity index (χ3v) is 6.82. The molecular formula is C26H32N6O3. The van der Waals surface area contributed by atoms with Gasteiger partial charge in [-0.2, -0.15) is 5.10 Å². The molecule has 0 unspecified atom stereocenters.